The summed E-state index contributed by atoms with van der Waals surface area (Å²) >= 11 is 0. The topological polar surface area (TPSA) is 94.2 Å². The fourth-order valence-corrected chi connectivity index (χ4v) is 2.36. The van der Waals surface area contributed by atoms with E-state index in [-0.39, 0.29) is 18.3 Å². The van der Waals surface area contributed by atoms with Crippen LogP contribution in [-0.2, 0) is 9.53 Å². The molecule has 0 aromatic heterocycles. The summed E-state index contributed by atoms with van der Waals surface area (Å²) in [6, 6.07) is 11.4. The third-order valence-corrected chi connectivity index (χ3v) is 3.92. The van der Waals surface area contributed by atoms with Crippen molar-refractivity contribution in [3.63, 3.8) is 0 Å². The first-order chi connectivity index (χ1) is 13.3. The molecule has 148 valence electrons. The minimum atomic E-state index is -0.491. The van der Waals surface area contributed by atoms with Gasteiger partial charge in [0.15, 0.2) is 23.9 Å². The van der Waals surface area contributed by atoms with Gasteiger partial charge in [-0.15, -0.1) is 0 Å². The molecule has 8 nitrogen and oxygen atoms in total. The summed E-state index contributed by atoms with van der Waals surface area (Å²) in [4.78, 5) is 36.4. The average molecular weight is 386 g/mol. The minimum absolute atomic E-state index is 0.0936. The molecule has 1 N–H and O–H groups in total. The summed E-state index contributed by atoms with van der Waals surface area (Å²) in [7, 11) is 4.34. The number of methoxy groups -OCH3 is 2. The Morgan fingerprint density at radius 2 is 1.68 bits per heavy atom. The van der Waals surface area contributed by atoms with Crippen LogP contribution in [0.2, 0.25) is 0 Å². The number of benzene rings is 2. The number of anilines is 2. The fraction of sp³-hybridized carbons (Fsp3) is 0.250. The van der Waals surface area contributed by atoms with Gasteiger partial charge in [0.1, 0.15) is 0 Å². The molecular weight excluding hydrogens is 364 g/mol. The number of nitrogens with one attached hydrogen (secondary N) is 1. The molecule has 2 aromatic carbocycles. The second kappa shape index (κ2) is 9.40. The van der Waals surface area contributed by atoms with Crippen LogP contribution in [0.1, 0.15) is 17.3 Å². The Hall–Kier alpha value is -3.55. The number of carbonyl (C=O) groups is 3. The normalized spacial score (nSPS) is 10.0. The lowest BCUT2D eigenvalue weighted by atomic mass is 10.1. The van der Waals surface area contributed by atoms with Crippen molar-refractivity contribution in [2.24, 2.45) is 0 Å². The Morgan fingerprint density at radius 1 is 1.00 bits per heavy atom. The quantitative estimate of drug-likeness (QED) is 0.735. The van der Waals surface area contributed by atoms with Gasteiger partial charge in [0.05, 0.1) is 14.2 Å². The number of ether oxygens (including phenoxy) is 3. The van der Waals surface area contributed by atoms with Crippen LogP contribution in [0.25, 0.3) is 0 Å². The number of Topliss-reactive ketones (excluding diaryl/α,β-unsaturated/α-hetero) is 1. The Labute approximate surface area is 163 Å². The standard InChI is InChI=1S/C20H22N2O6/c1-13(23)14-5-10-17(18(11-14)26-3)28-12-19(24)21-15-6-8-16(9-7-15)22(2)20(25)27-4/h5-11H,12H2,1-4H3,(H,21,24). The van der Waals surface area contributed by atoms with Crippen LogP contribution in [0.5, 0.6) is 11.5 Å². The monoisotopic (exact) mass is 386 g/mol. The van der Waals surface area contributed by atoms with Gasteiger partial charge in [0.2, 0.25) is 0 Å². The number of nitrogens with zero attached hydrogens (tertiary/aromatic N) is 1. The van der Waals surface area contributed by atoms with Crippen molar-refractivity contribution in [3.8, 4) is 11.5 Å². The number of ketones is 1. The molecule has 2 aromatic rings. The second-order valence-corrected chi connectivity index (χ2v) is 5.83. The average Bonchev–Trinajstić information content (AvgIpc) is 2.71. The van der Waals surface area contributed by atoms with Crippen LogP contribution in [0.3, 0.4) is 0 Å². The number of hydrogen-bond acceptors (Lipinski definition) is 6. The highest BCUT2D eigenvalue weighted by molar-refractivity contribution is 5.95. The number of rotatable bonds is 7. The molecule has 2 rings (SSSR count). The number of carbonyl (C=O) groups excluding carboxylic acids is 3. The molecule has 0 aliphatic rings. The molecule has 0 fully saturated rings. The molecule has 0 heterocycles. The zero-order chi connectivity index (χ0) is 20.7. The van der Waals surface area contributed by atoms with Crippen LogP contribution in [0.4, 0.5) is 16.2 Å². The van der Waals surface area contributed by atoms with E-state index in [9.17, 15) is 14.4 Å². The van der Waals surface area contributed by atoms with E-state index in [0.717, 1.165) is 0 Å². The Morgan fingerprint density at radius 3 is 2.25 bits per heavy atom. The molecule has 0 spiro atoms. The van der Waals surface area contributed by atoms with E-state index in [2.05, 4.69) is 10.1 Å². The summed E-state index contributed by atoms with van der Waals surface area (Å²) in [6.45, 7) is 1.22. The van der Waals surface area contributed by atoms with Crippen molar-refractivity contribution in [2.75, 3.05) is 38.1 Å². The van der Waals surface area contributed by atoms with Crippen molar-refractivity contribution in [1.82, 2.24) is 0 Å². The van der Waals surface area contributed by atoms with Gasteiger partial charge in [0.25, 0.3) is 5.91 Å². The maximum atomic E-state index is 12.1. The molecule has 0 saturated carbocycles. The van der Waals surface area contributed by atoms with Crippen molar-refractivity contribution in [1.29, 1.82) is 0 Å². The summed E-state index contributed by atoms with van der Waals surface area (Å²) in [5.74, 6) is 0.268. The van der Waals surface area contributed by atoms with E-state index in [1.807, 2.05) is 0 Å². The molecule has 28 heavy (non-hydrogen) atoms. The highest BCUT2D eigenvalue weighted by Gasteiger charge is 2.12. The smallest absolute Gasteiger partial charge is 0.413 e. The van der Waals surface area contributed by atoms with Gasteiger partial charge in [-0.3, -0.25) is 14.5 Å². The summed E-state index contributed by atoms with van der Waals surface area (Å²) < 4.78 is 15.3. The largest absolute Gasteiger partial charge is 0.493 e. The zero-order valence-corrected chi connectivity index (χ0v) is 16.1. The minimum Gasteiger partial charge on any atom is -0.493 e. The van der Waals surface area contributed by atoms with Crippen LogP contribution in [-0.4, -0.2) is 45.7 Å². The van der Waals surface area contributed by atoms with Crippen LogP contribution >= 0.6 is 0 Å². The molecule has 0 unspecified atom stereocenters. The first-order valence-electron chi connectivity index (χ1n) is 8.39. The van der Waals surface area contributed by atoms with Crippen molar-refractivity contribution in [3.05, 3.63) is 48.0 Å². The Balaban J connectivity index is 1.96. The van der Waals surface area contributed by atoms with Gasteiger partial charge in [-0.05, 0) is 49.4 Å². The van der Waals surface area contributed by atoms with E-state index >= 15 is 0 Å². The van der Waals surface area contributed by atoms with Gasteiger partial charge < -0.3 is 19.5 Å². The predicted molar refractivity (Wildman–Crippen MR) is 104 cm³/mol. The lowest BCUT2D eigenvalue weighted by Gasteiger charge is -2.16. The Kier molecular flexibility index (Phi) is 6.97. The van der Waals surface area contributed by atoms with E-state index in [1.54, 1.807) is 49.5 Å². The number of hydrogen-bond donors (Lipinski definition) is 1. The molecular formula is C20H22N2O6. The SMILES string of the molecule is COC(=O)N(C)c1ccc(NC(=O)COc2ccc(C(C)=O)cc2OC)cc1. The van der Waals surface area contributed by atoms with Gasteiger partial charge >= 0.3 is 6.09 Å². The van der Waals surface area contributed by atoms with E-state index in [1.165, 1.54) is 26.0 Å². The van der Waals surface area contributed by atoms with Crippen molar-refractivity contribution < 1.29 is 28.6 Å². The highest BCUT2D eigenvalue weighted by atomic mass is 16.5. The first kappa shape index (κ1) is 20.8. The van der Waals surface area contributed by atoms with Crippen LogP contribution in [0, 0.1) is 0 Å². The third kappa shape index (κ3) is 5.23. The van der Waals surface area contributed by atoms with Gasteiger partial charge in [-0.25, -0.2) is 4.79 Å². The molecule has 0 radical (unpaired) electrons. The lowest BCUT2D eigenvalue weighted by Crippen LogP contribution is -2.25. The summed E-state index contributed by atoms with van der Waals surface area (Å²) in [5, 5.41) is 2.70. The fourth-order valence-electron chi connectivity index (χ4n) is 2.36. The maximum absolute atomic E-state index is 12.1. The van der Waals surface area contributed by atoms with Gasteiger partial charge in [-0.1, -0.05) is 0 Å². The first-order valence-corrected chi connectivity index (χ1v) is 8.39. The van der Waals surface area contributed by atoms with E-state index < -0.39 is 6.09 Å². The molecule has 0 aliphatic heterocycles. The lowest BCUT2D eigenvalue weighted by molar-refractivity contribution is -0.118. The summed E-state index contributed by atoms with van der Waals surface area (Å²) in [6.07, 6.45) is -0.491. The van der Waals surface area contributed by atoms with E-state index in [0.29, 0.717) is 28.4 Å². The Bertz CT molecular complexity index is 863. The van der Waals surface area contributed by atoms with Crippen LogP contribution in [0.15, 0.2) is 42.5 Å². The zero-order valence-electron chi connectivity index (χ0n) is 16.1. The second-order valence-electron chi connectivity index (χ2n) is 5.83. The molecule has 2 amide bonds. The molecule has 8 heteroatoms. The molecule has 0 bridgehead atoms. The van der Waals surface area contributed by atoms with Gasteiger partial charge in [-0.2, -0.15) is 0 Å². The van der Waals surface area contributed by atoms with Crippen molar-refractivity contribution >= 4 is 29.2 Å². The van der Waals surface area contributed by atoms with E-state index in [4.69, 9.17) is 9.47 Å². The highest BCUT2D eigenvalue weighted by Crippen LogP contribution is 2.28. The third-order valence-electron chi connectivity index (χ3n) is 3.92. The van der Waals surface area contributed by atoms with Crippen molar-refractivity contribution in [2.45, 2.75) is 6.92 Å². The maximum Gasteiger partial charge on any atom is 0.413 e. The number of amides is 2. The predicted octanol–water partition coefficient (Wildman–Crippen LogP) is 3.12. The van der Waals surface area contributed by atoms with Gasteiger partial charge in [0, 0.05) is 24.0 Å². The molecule has 0 atom stereocenters. The summed E-state index contributed by atoms with van der Waals surface area (Å²) in [5.41, 5.74) is 1.66. The van der Waals surface area contributed by atoms with Crippen LogP contribution < -0.4 is 19.7 Å². The molecule has 0 aliphatic carbocycles. The molecule has 0 saturated heterocycles.